The molecule has 0 fully saturated rings. The van der Waals surface area contributed by atoms with E-state index in [4.69, 9.17) is 19.2 Å². The Labute approximate surface area is 270 Å². The number of carbonyl (C=O) groups excluding carboxylic acids is 1. The van der Waals surface area contributed by atoms with Crippen molar-refractivity contribution in [3.63, 3.8) is 0 Å². The summed E-state index contributed by atoms with van der Waals surface area (Å²) in [6.45, 7) is 2.19. The molecule has 11 heteroatoms. The molecule has 1 unspecified atom stereocenters. The van der Waals surface area contributed by atoms with E-state index >= 15 is 0 Å². The van der Waals surface area contributed by atoms with Gasteiger partial charge in [0.1, 0.15) is 5.75 Å². The summed E-state index contributed by atoms with van der Waals surface area (Å²) < 4.78 is 17.1. The number of tetrazole rings is 1. The maximum Gasteiger partial charge on any atom is 0.256 e. The first-order valence-electron chi connectivity index (χ1n) is 15.1. The van der Waals surface area contributed by atoms with E-state index in [0.29, 0.717) is 46.1 Å². The minimum absolute atomic E-state index is 0.222. The van der Waals surface area contributed by atoms with Crippen molar-refractivity contribution in [2.75, 3.05) is 19.5 Å². The molecule has 1 aliphatic carbocycles. The van der Waals surface area contributed by atoms with Crippen LogP contribution >= 0.6 is 0 Å². The molecule has 0 spiro atoms. The largest absolute Gasteiger partial charge is 0.493 e. The fraction of sp³-hybridized carbons (Fsp3) is 0.167. The Balaban J connectivity index is 1.18. The van der Waals surface area contributed by atoms with Crippen LogP contribution in [0, 0.1) is 5.92 Å². The summed E-state index contributed by atoms with van der Waals surface area (Å²) >= 11 is 0. The number of nitrogens with one attached hydrogen (secondary N) is 2. The Kier molecular flexibility index (Phi) is 8.01. The number of ether oxygens (including phenoxy) is 3. The number of para-hydroxylation sites is 2. The molecule has 47 heavy (non-hydrogen) atoms. The number of allylic oxidation sites excluding steroid dienone is 1. The average Bonchev–Trinajstić information content (AvgIpc) is 3.64. The van der Waals surface area contributed by atoms with Crippen LogP contribution in [0.25, 0.3) is 33.9 Å². The van der Waals surface area contributed by atoms with Gasteiger partial charge in [0.2, 0.25) is 11.7 Å². The third-order valence-electron chi connectivity index (χ3n) is 8.08. The number of aromatic nitrogens is 6. The van der Waals surface area contributed by atoms with Crippen LogP contribution in [0.1, 0.15) is 40.5 Å². The lowest BCUT2D eigenvalue weighted by Gasteiger charge is -2.27. The molecule has 2 N–H and O–H groups in total. The van der Waals surface area contributed by atoms with Gasteiger partial charge in [-0.3, -0.25) is 4.79 Å². The SMILES string of the molecule is COc1cccc(/C=C2\CC(C)Cc3c2nc2ccccc2c3C(=O)Nc2ccc(Oc3ccc(-c4nn[nH]n4)cc3)nc2)c1OC. The van der Waals surface area contributed by atoms with E-state index in [0.717, 1.165) is 51.7 Å². The van der Waals surface area contributed by atoms with Crippen LogP contribution in [0.4, 0.5) is 5.69 Å². The summed E-state index contributed by atoms with van der Waals surface area (Å²) in [5, 5.41) is 17.9. The number of carbonyl (C=O) groups is 1. The van der Waals surface area contributed by atoms with Gasteiger partial charge in [-0.2, -0.15) is 5.21 Å². The van der Waals surface area contributed by atoms with Crippen molar-refractivity contribution in [1.29, 1.82) is 0 Å². The first-order valence-corrected chi connectivity index (χ1v) is 15.1. The molecule has 1 amide bonds. The Hall–Kier alpha value is -6.10. The van der Waals surface area contributed by atoms with Gasteiger partial charge in [-0.15, -0.1) is 10.2 Å². The second-order valence-corrected chi connectivity index (χ2v) is 11.3. The number of H-pyrrole nitrogens is 1. The van der Waals surface area contributed by atoms with Crippen LogP contribution in [0.3, 0.4) is 0 Å². The second-order valence-electron chi connectivity index (χ2n) is 11.3. The number of amides is 1. The molecule has 0 aliphatic heterocycles. The van der Waals surface area contributed by atoms with Crippen molar-refractivity contribution in [3.05, 3.63) is 107 Å². The monoisotopic (exact) mass is 625 g/mol. The quantitative estimate of drug-likeness (QED) is 0.183. The zero-order chi connectivity index (χ0) is 32.3. The minimum atomic E-state index is -0.222. The third kappa shape index (κ3) is 5.98. The summed E-state index contributed by atoms with van der Waals surface area (Å²) in [5.41, 5.74) is 6.39. The number of rotatable bonds is 8. The van der Waals surface area contributed by atoms with E-state index in [1.54, 1.807) is 44.7 Å². The number of pyridine rings is 2. The zero-order valence-electron chi connectivity index (χ0n) is 26.0. The van der Waals surface area contributed by atoms with Crippen molar-refractivity contribution in [1.82, 2.24) is 30.6 Å². The normalized spacial score (nSPS) is 14.9. The van der Waals surface area contributed by atoms with Gasteiger partial charge in [-0.1, -0.05) is 37.3 Å². The highest BCUT2D eigenvalue weighted by Crippen LogP contribution is 2.41. The lowest BCUT2D eigenvalue weighted by Crippen LogP contribution is -2.21. The van der Waals surface area contributed by atoms with Crippen molar-refractivity contribution < 1.29 is 19.0 Å². The van der Waals surface area contributed by atoms with E-state index in [1.807, 2.05) is 54.6 Å². The highest BCUT2D eigenvalue weighted by atomic mass is 16.5. The van der Waals surface area contributed by atoms with Gasteiger partial charge in [0.15, 0.2) is 11.5 Å². The molecular weight excluding hydrogens is 594 g/mol. The van der Waals surface area contributed by atoms with Gasteiger partial charge in [-0.25, -0.2) is 9.97 Å². The summed E-state index contributed by atoms with van der Waals surface area (Å²) in [6, 6.07) is 24.3. The molecule has 11 nitrogen and oxygen atoms in total. The molecule has 3 aromatic carbocycles. The predicted molar refractivity (Wildman–Crippen MR) is 179 cm³/mol. The lowest BCUT2D eigenvalue weighted by molar-refractivity contribution is 0.102. The van der Waals surface area contributed by atoms with Gasteiger partial charge >= 0.3 is 0 Å². The second kappa shape index (κ2) is 12.7. The molecule has 3 aromatic heterocycles. The smallest absolute Gasteiger partial charge is 0.256 e. The van der Waals surface area contributed by atoms with Crippen molar-refractivity contribution in [3.8, 4) is 34.5 Å². The van der Waals surface area contributed by atoms with Gasteiger partial charge < -0.3 is 19.5 Å². The lowest BCUT2D eigenvalue weighted by atomic mass is 9.80. The molecule has 234 valence electrons. The fourth-order valence-electron chi connectivity index (χ4n) is 5.99. The summed E-state index contributed by atoms with van der Waals surface area (Å²) in [6.07, 6.45) is 5.21. The Bertz CT molecular complexity index is 2090. The van der Waals surface area contributed by atoms with Crippen LogP contribution in [0.2, 0.25) is 0 Å². The first kappa shape index (κ1) is 29.6. The van der Waals surface area contributed by atoms with Crippen LogP contribution in [-0.2, 0) is 6.42 Å². The van der Waals surface area contributed by atoms with Crippen molar-refractivity contribution in [2.45, 2.75) is 19.8 Å². The summed E-state index contributed by atoms with van der Waals surface area (Å²) in [5.74, 6) is 2.86. The van der Waals surface area contributed by atoms with E-state index in [2.05, 4.69) is 43.9 Å². The Morgan fingerprint density at radius 3 is 2.55 bits per heavy atom. The number of hydrogen-bond donors (Lipinski definition) is 2. The van der Waals surface area contributed by atoms with Gasteiger partial charge in [0, 0.05) is 22.6 Å². The maximum absolute atomic E-state index is 14.1. The highest BCUT2D eigenvalue weighted by molar-refractivity contribution is 6.14. The van der Waals surface area contributed by atoms with Crippen molar-refractivity contribution in [2.24, 2.45) is 5.92 Å². The van der Waals surface area contributed by atoms with E-state index in [9.17, 15) is 4.79 Å². The van der Waals surface area contributed by atoms with Crippen molar-refractivity contribution >= 4 is 34.1 Å². The molecule has 0 saturated heterocycles. The standard InChI is InChI=1S/C36H31N7O4/c1-21-17-24(19-23-7-6-10-30(45-2)34(23)46-3)33-28(18-21)32(27-8-4-5-9-29(27)39-33)36(44)38-25-13-16-31(37-20-25)47-26-14-11-22(12-15-26)35-40-42-43-41-35/h4-16,19-21H,17-18H2,1-3H3,(H,38,44)(H,40,41,42,43)/b24-19+. The molecular formula is C36H31N7O4. The molecule has 7 rings (SSSR count). The zero-order valence-corrected chi connectivity index (χ0v) is 26.0. The van der Waals surface area contributed by atoms with Gasteiger partial charge in [-0.05, 0) is 83.7 Å². The number of benzene rings is 3. The van der Waals surface area contributed by atoms with E-state index in [1.165, 1.54) is 0 Å². The minimum Gasteiger partial charge on any atom is -0.493 e. The number of aromatic amines is 1. The van der Waals surface area contributed by atoms with Gasteiger partial charge in [0.05, 0.1) is 42.9 Å². The number of anilines is 1. The summed E-state index contributed by atoms with van der Waals surface area (Å²) in [7, 11) is 3.26. The summed E-state index contributed by atoms with van der Waals surface area (Å²) in [4.78, 5) is 23.6. The molecule has 3 heterocycles. The van der Waals surface area contributed by atoms with E-state index < -0.39 is 0 Å². The van der Waals surface area contributed by atoms with Gasteiger partial charge in [0.25, 0.3) is 5.91 Å². The number of fused-ring (bicyclic) bond motifs is 2. The third-order valence-corrected chi connectivity index (χ3v) is 8.08. The van der Waals surface area contributed by atoms with Crippen LogP contribution in [-0.4, -0.2) is 50.7 Å². The van der Waals surface area contributed by atoms with Crippen LogP contribution < -0.4 is 19.5 Å². The fourth-order valence-corrected chi connectivity index (χ4v) is 5.99. The Morgan fingerprint density at radius 2 is 1.81 bits per heavy atom. The number of methoxy groups -OCH3 is 2. The maximum atomic E-state index is 14.1. The molecule has 6 aromatic rings. The highest BCUT2D eigenvalue weighted by Gasteiger charge is 2.28. The molecule has 1 atom stereocenters. The number of hydrogen-bond acceptors (Lipinski definition) is 9. The number of nitrogens with zero attached hydrogens (tertiary/aromatic N) is 5. The van der Waals surface area contributed by atoms with E-state index in [-0.39, 0.29) is 5.91 Å². The Morgan fingerprint density at radius 1 is 0.957 bits per heavy atom. The predicted octanol–water partition coefficient (Wildman–Crippen LogP) is 6.99. The first-order chi connectivity index (χ1) is 23.0. The van der Waals surface area contributed by atoms with Crippen LogP contribution in [0.5, 0.6) is 23.1 Å². The molecule has 1 aliphatic rings. The molecule has 0 radical (unpaired) electrons. The topological polar surface area (TPSA) is 137 Å². The molecule has 0 saturated carbocycles. The average molecular weight is 626 g/mol. The van der Waals surface area contributed by atoms with Crippen LogP contribution in [0.15, 0.2) is 85.1 Å². The molecule has 0 bridgehead atoms.